The molecule has 0 aliphatic carbocycles. The van der Waals surface area contributed by atoms with E-state index in [1.54, 1.807) is 0 Å². The zero-order valence-electron chi connectivity index (χ0n) is 14.5. The van der Waals surface area contributed by atoms with Gasteiger partial charge in [-0.05, 0) is 38.6 Å². The molecule has 0 saturated carbocycles. The van der Waals surface area contributed by atoms with Crippen molar-refractivity contribution < 1.29 is 14.3 Å². The van der Waals surface area contributed by atoms with Crippen LogP contribution in [0.1, 0.15) is 53.9 Å². The zero-order valence-corrected chi connectivity index (χ0v) is 14.5. The normalized spacial score (nSPS) is 17.8. The monoisotopic (exact) mass is 299 g/mol. The van der Waals surface area contributed by atoms with Gasteiger partial charge in [-0.25, -0.2) is 0 Å². The van der Waals surface area contributed by atoms with E-state index in [0.717, 1.165) is 52.1 Å². The molecular weight excluding hydrogens is 266 g/mol. The minimum Gasteiger partial charge on any atom is -0.465 e. The Hall–Kier alpha value is -0.610. The third-order valence-corrected chi connectivity index (χ3v) is 4.68. The van der Waals surface area contributed by atoms with Crippen LogP contribution in [-0.2, 0) is 14.3 Å². The Kier molecular flexibility index (Phi) is 7.14. The molecule has 124 valence electrons. The molecule has 1 aliphatic rings. The molecule has 0 bridgehead atoms. The second-order valence-corrected chi connectivity index (χ2v) is 7.49. The van der Waals surface area contributed by atoms with Crippen LogP contribution in [0.25, 0.3) is 0 Å². The van der Waals surface area contributed by atoms with Crippen LogP contribution in [0.3, 0.4) is 0 Å². The van der Waals surface area contributed by atoms with Gasteiger partial charge in [-0.15, -0.1) is 0 Å². The van der Waals surface area contributed by atoms with E-state index in [0.29, 0.717) is 6.61 Å². The Bertz CT molecular complexity index is 320. The predicted octanol–water partition coefficient (Wildman–Crippen LogP) is 3.10. The highest BCUT2D eigenvalue weighted by Gasteiger charge is 2.30. The summed E-state index contributed by atoms with van der Waals surface area (Å²) in [5, 5.41) is 0. The van der Waals surface area contributed by atoms with E-state index in [9.17, 15) is 4.79 Å². The summed E-state index contributed by atoms with van der Waals surface area (Å²) in [6, 6.07) is 0. The van der Waals surface area contributed by atoms with E-state index in [-0.39, 0.29) is 11.4 Å². The van der Waals surface area contributed by atoms with Crippen LogP contribution in [0.5, 0.6) is 0 Å². The van der Waals surface area contributed by atoms with Gasteiger partial charge >= 0.3 is 5.97 Å². The molecule has 0 amide bonds. The fourth-order valence-electron chi connectivity index (χ4n) is 2.16. The van der Waals surface area contributed by atoms with E-state index in [1.165, 1.54) is 0 Å². The predicted molar refractivity (Wildman–Crippen MR) is 85.3 cm³/mol. The highest BCUT2D eigenvalue weighted by atomic mass is 16.5. The summed E-state index contributed by atoms with van der Waals surface area (Å²) in [7, 11) is 0. The lowest BCUT2D eigenvalue weighted by Gasteiger charge is -2.30. The first-order chi connectivity index (χ1) is 9.77. The van der Waals surface area contributed by atoms with E-state index >= 15 is 0 Å². The lowest BCUT2D eigenvalue weighted by Crippen LogP contribution is -2.39. The van der Waals surface area contributed by atoms with Gasteiger partial charge in [0.1, 0.15) is 0 Å². The topological polar surface area (TPSA) is 38.8 Å². The number of hydrogen-bond acceptors (Lipinski definition) is 4. The smallest absolute Gasteiger partial charge is 0.311 e. The van der Waals surface area contributed by atoms with Gasteiger partial charge in [-0.2, -0.15) is 0 Å². The summed E-state index contributed by atoms with van der Waals surface area (Å²) in [6.45, 7) is 15.6. The summed E-state index contributed by atoms with van der Waals surface area (Å²) >= 11 is 0. The first kappa shape index (κ1) is 18.4. The molecule has 1 aliphatic heterocycles. The number of morpholine rings is 1. The van der Waals surface area contributed by atoms with Crippen molar-refractivity contribution in [2.45, 2.75) is 53.9 Å². The van der Waals surface area contributed by atoms with Crippen LogP contribution in [-0.4, -0.2) is 50.3 Å². The Balaban J connectivity index is 2.29. The third kappa shape index (κ3) is 6.79. The number of esters is 1. The van der Waals surface area contributed by atoms with E-state index in [4.69, 9.17) is 9.47 Å². The van der Waals surface area contributed by atoms with E-state index in [2.05, 4.69) is 25.7 Å². The van der Waals surface area contributed by atoms with Crippen molar-refractivity contribution in [2.24, 2.45) is 10.8 Å². The maximum Gasteiger partial charge on any atom is 0.311 e. The van der Waals surface area contributed by atoms with Gasteiger partial charge in [-0.1, -0.05) is 27.2 Å². The maximum absolute atomic E-state index is 12.2. The fourth-order valence-corrected chi connectivity index (χ4v) is 2.16. The molecule has 1 rings (SSSR count). The average molecular weight is 299 g/mol. The van der Waals surface area contributed by atoms with Crippen molar-refractivity contribution >= 4 is 5.97 Å². The number of rotatable bonds is 8. The molecule has 4 heteroatoms. The second kappa shape index (κ2) is 8.14. The molecule has 0 N–H and O–H groups in total. The molecule has 1 fully saturated rings. The highest BCUT2D eigenvalue weighted by Crippen LogP contribution is 2.26. The van der Waals surface area contributed by atoms with E-state index < -0.39 is 5.41 Å². The second-order valence-electron chi connectivity index (χ2n) is 7.49. The van der Waals surface area contributed by atoms with Crippen molar-refractivity contribution in [3.05, 3.63) is 0 Å². The van der Waals surface area contributed by atoms with Crippen LogP contribution in [0.4, 0.5) is 0 Å². The van der Waals surface area contributed by atoms with E-state index in [1.807, 2.05) is 13.8 Å². The highest BCUT2D eigenvalue weighted by molar-refractivity contribution is 5.75. The Morgan fingerprint density at radius 3 is 2.33 bits per heavy atom. The average Bonchev–Trinajstić information content (AvgIpc) is 2.46. The van der Waals surface area contributed by atoms with Gasteiger partial charge in [0.25, 0.3) is 0 Å². The van der Waals surface area contributed by atoms with Gasteiger partial charge in [0.05, 0.1) is 25.2 Å². The first-order valence-corrected chi connectivity index (χ1v) is 8.24. The lowest BCUT2D eigenvalue weighted by atomic mass is 9.86. The van der Waals surface area contributed by atoms with Gasteiger partial charge in [0.2, 0.25) is 0 Å². The Labute approximate surface area is 130 Å². The van der Waals surface area contributed by atoms with Crippen LogP contribution in [0.2, 0.25) is 0 Å². The van der Waals surface area contributed by atoms with Gasteiger partial charge in [0.15, 0.2) is 0 Å². The quantitative estimate of drug-likeness (QED) is 0.646. The molecule has 1 saturated heterocycles. The summed E-state index contributed by atoms with van der Waals surface area (Å²) in [5.74, 6) is -0.0670. The molecule has 21 heavy (non-hydrogen) atoms. The third-order valence-electron chi connectivity index (χ3n) is 4.68. The number of hydrogen-bond donors (Lipinski definition) is 0. The molecule has 0 aromatic heterocycles. The van der Waals surface area contributed by atoms with Crippen LogP contribution in [0, 0.1) is 10.8 Å². The molecule has 0 aromatic carbocycles. The standard InChI is InChI=1S/C17H33NO3/c1-6-16(2,3)8-12-21-15(19)17(4,5)7-9-18-10-13-20-14-11-18/h6-14H2,1-5H3. The molecule has 0 unspecified atom stereocenters. The van der Waals surface area contributed by atoms with Crippen molar-refractivity contribution in [1.82, 2.24) is 4.90 Å². The van der Waals surface area contributed by atoms with Gasteiger partial charge < -0.3 is 9.47 Å². The molecule has 0 radical (unpaired) electrons. The Morgan fingerprint density at radius 2 is 1.76 bits per heavy atom. The first-order valence-electron chi connectivity index (χ1n) is 8.24. The van der Waals surface area contributed by atoms with Gasteiger partial charge in [-0.3, -0.25) is 9.69 Å². The zero-order chi connectivity index (χ0) is 15.9. The van der Waals surface area contributed by atoms with Crippen LogP contribution in [0.15, 0.2) is 0 Å². The van der Waals surface area contributed by atoms with Crippen molar-refractivity contribution in [3.8, 4) is 0 Å². The summed E-state index contributed by atoms with van der Waals surface area (Å²) in [6.07, 6.45) is 2.86. The number of nitrogens with zero attached hydrogens (tertiary/aromatic N) is 1. The maximum atomic E-state index is 12.2. The molecule has 1 heterocycles. The Morgan fingerprint density at radius 1 is 1.14 bits per heavy atom. The number of carbonyl (C=O) groups is 1. The minimum atomic E-state index is -0.408. The molecule has 4 nitrogen and oxygen atoms in total. The van der Waals surface area contributed by atoms with Gasteiger partial charge in [0, 0.05) is 13.1 Å². The van der Waals surface area contributed by atoms with Crippen LogP contribution < -0.4 is 0 Å². The minimum absolute atomic E-state index is 0.0670. The molecule has 0 aromatic rings. The summed E-state index contributed by atoms with van der Waals surface area (Å²) in [5.41, 5.74) is -0.160. The summed E-state index contributed by atoms with van der Waals surface area (Å²) in [4.78, 5) is 14.6. The lowest BCUT2D eigenvalue weighted by molar-refractivity contribution is -0.155. The van der Waals surface area contributed by atoms with Crippen LogP contribution >= 0.6 is 0 Å². The molecular formula is C17H33NO3. The van der Waals surface area contributed by atoms with Crippen molar-refractivity contribution in [3.63, 3.8) is 0 Å². The molecule has 0 spiro atoms. The largest absolute Gasteiger partial charge is 0.465 e. The fraction of sp³-hybridized carbons (Fsp3) is 0.941. The SMILES string of the molecule is CCC(C)(C)CCOC(=O)C(C)(C)CCN1CCOCC1. The summed E-state index contributed by atoms with van der Waals surface area (Å²) < 4.78 is 10.8. The van der Waals surface area contributed by atoms with Crippen molar-refractivity contribution in [2.75, 3.05) is 39.5 Å². The molecule has 0 atom stereocenters. The number of ether oxygens (including phenoxy) is 2. The number of carbonyl (C=O) groups excluding carboxylic acids is 1. The van der Waals surface area contributed by atoms with Crippen molar-refractivity contribution in [1.29, 1.82) is 0 Å².